The minimum atomic E-state index is 0.712. The van der Waals surface area contributed by atoms with Crippen LogP contribution in [0.5, 0.6) is 5.75 Å². The summed E-state index contributed by atoms with van der Waals surface area (Å²) in [6.45, 7) is 1.99. The molecule has 2 heteroatoms. The quantitative estimate of drug-likeness (QED) is 0.696. The molecule has 0 heterocycles. The Morgan fingerprint density at radius 2 is 2.00 bits per heavy atom. The van der Waals surface area contributed by atoms with Gasteiger partial charge in [-0.25, -0.2) is 0 Å². The fourth-order valence-corrected chi connectivity index (χ4v) is 1.87. The summed E-state index contributed by atoms with van der Waals surface area (Å²) in [5, 5.41) is 1.97. The van der Waals surface area contributed by atoms with Crippen molar-refractivity contribution in [3.63, 3.8) is 0 Å². The predicted octanol–water partition coefficient (Wildman–Crippen LogP) is 2.97. The minimum Gasteiger partial charge on any atom is -0.496 e. The Kier molecular flexibility index (Phi) is 2.42. The van der Waals surface area contributed by atoms with Crippen LogP contribution >= 0.6 is 0 Å². The Labute approximate surface area is 88.5 Å². The molecule has 0 saturated carbocycles. The van der Waals surface area contributed by atoms with Crippen molar-refractivity contribution in [3.05, 3.63) is 41.5 Å². The maximum absolute atomic E-state index is 10.9. The first-order valence-corrected chi connectivity index (χ1v) is 4.79. The van der Waals surface area contributed by atoms with Gasteiger partial charge in [0, 0.05) is 10.9 Å². The molecular weight excluding hydrogens is 188 g/mol. The number of rotatable bonds is 2. The summed E-state index contributed by atoms with van der Waals surface area (Å²) in [5.74, 6) is 0.805. The number of methoxy groups -OCH3 is 1. The number of fused-ring (bicyclic) bond motifs is 1. The van der Waals surface area contributed by atoms with Gasteiger partial charge in [-0.3, -0.25) is 4.79 Å². The van der Waals surface area contributed by atoms with Gasteiger partial charge < -0.3 is 4.74 Å². The molecule has 2 rings (SSSR count). The highest BCUT2D eigenvalue weighted by Crippen LogP contribution is 2.29. The molecule has 0 unspecified atom stereocenters. The highest BCUT2D eigenvalue weighted by atomic mass is 16.5. The monoisotopic (exact) mass is 200 g/mol. The van der Waals surface area contributed by atoms with Crippen LogP contribution in [0, 0.1) is 6.92 Å². The Hall–Kier alpha value is -1.83. The van der Waals surface area contributed by atoms with E-state index in [1.807, 2.05) is 31.2 Å². The molecule has 0 spiro atoms. The number of aryl methyl sites for hydroxylation is 1. The second kappa shape index (κ2) is 3.73. The van der Waals surface area contributed by atoms with Gasteiger partial charge in [0.25, 0.3) is 0 Å². The molecule has 0 saturated heterocycles. The van der Waals surface area contributed by atoms with Gasteiger partial charge in [-0.1, -0.05) is 18.2 Å². The van der Waals surface area contributed by atoms with Crippen LogP contribution in [0.3, 0.4) is 0 Å². The third-order valence-corrected chi connectivity index (χ3v) is 2.59. The molecule has 0 aliphatic rings. The van der Waals surface area contributed by atoms with E-state index in [4.69, 9.17) is 4.74 Å². The van der Waals surface area contributed by atoms with E-state index in [-0.39, 0.29) is 0 Å². The summed E-state index contributed by atoms with van der Waals surface area (Å²) in [7, 11) is 1.64. The van der Waals surface area contributed by atoms with E-state index in [0.29, 0.717) is 5.56 Å². The van der Waals surface area contributed by atoms with E-state index in [0.717, 1.165) is 28.4 Å². The smallest absolute Gasteiger partial charge is 0.150 e. The van der Waals surface area contributed by atoms with Crippen LogP contribution in [0.25, 0.3) is 10.8 Å². The SMILES string of the molecule is COc1ccc(C=O)c2c(C)cccc12. The standard InChI is InChI=1S/C13H12O2/c1-9-4-3-5-11-12(15-2)7-6-10(8-14)13(9)11/h3-8H,1-2H3. The second-order valence-electron chi connectivity index (χ2n) is 3.47. The van der Waals surface area contributed by atoms with Gasteiger partial charge in [-0.2, -0.15) is 0 Å². The molecule has 0 aliphatic heterocycles. The minimum absolute atomic E-state index is 0.712. The van der Waals surface area contributed by atoms with Gasteiger partial charge in [0.05, 0.1) is 7.11 Å². The predicted molar refractivity (Wildman–Crippen MR) is 60.6 cm³/mol. The van der Waals surface area contributed by atoms with Crippen LogP contribution in [0.1, 0.15) is 15.9 Å². The normalized spacial score (nSPS) is 10.3. The number of aldehydes is 1. The first-order chi connectivity index (χ1) is 7.27. The molecule has 0 radical (unpaired) electrons. The van der Waals surface area contributed by atoms with Gasteiger partial charge in [0.2, 0.25) is 0 Å². The summed E-state index contributed by atoms with van der Waals surface area (Å²) < 4.78 is 5.27. The zero-order valence-corrected chi connectivity index (χ0v) is 8.78. The topological polar surface area (TPSA) is 26.3 Å². The van der Waals surface area contributed by atoms with E-state index < -0.39 is 0 Å². The molecule has 0 aliphatic carbocycles. The van der Waals surface area contributed by atoms with Crippen LogP contribution in [0.4, 0.5) is 0 Å². The fraction of sp³-hybridized carbons (Fsp3) is 0.154. The van der Waals surface area contributed by atoms with E-state index >= 15 is 0 Å². The zero-order chi connectivity index (χ0) is 10.8. The van der Waals surface area contributed by atoms with Crippen molar-refractivity contribution >= 4 is 17.1 Å². The average molecular weight is 200 g/mol. The van der Waals surface area contributed by atoms with Crippen molar-refractivity contribution in [2.75, 3.05) is 7.11 Å². The Bertz CT molecular complexity index is 515. The number of hydrogen-bond donors (Lipinski definition) is 0. The first-order valence-electron chi connectivity index (χ1n) is 4.79. The van der Waals surface area contributed by atoms with Crippen molar-refractivity contribution < 1.29 is 9.53 Å². The summed E-state index contributed by atoms with van der Waals surface area (Å²) in [6.07, 6.45) is 0.884. The molecule has 0 atom stereocenters. The molecular formula is C13H12O2. The van der Waals surface area contributed by atoms with Crippen molar-refractivity contribution in [3.8, 4) is 5.75 Å². The van der Waals surface area contributed by atoms with Crippen LogP contribution in [-0.2, 0) is 0 Å². The largest absolute Gasteiger partial charge is 0.496 e. The van der Waals surface area contributed by atoms with Crippen LogP contribution in [-0.4, -0.2) is 13.4 Å². The lowest BCUT2D eigenvalue weighted by Gasteiger charge is -2.09. The molecule has 2 nitrogen and oxygen atoms in total. The summed E-state index contributed by atoms with van der Waals surface area (Å²) >= 11 is 0. The molecule has 76 valence electrons. The van der Waals surface area contributed by atoms with E-state index in [1.54, 1.807) is 13.2 Å². The van der Waals surface area contributed by atoms with Gasteiger partial charge in [0.15, 0.2) is 6.29 Å². The number of hydrogen-bond acceptors (Lipinski definition) is 2. The van der Waals surface area contributed by atoms with Crippen molar-refractivity contribution in [2.24, 2.45) is 0 Å². The van der Waals surface area contributed by atoms with Crippen molar-refractivity contribution in [1.82, 2.24) is 0 Å². The Morgan fingerprint density at radius 1 is 1.20 bits per heavy atom. The fourth-order valence-electron chi connectivity index (χ4n) is 1.87. The van der Waals surface area contributed by atoms with Crippen molar-refractivity contribution in [1.29, 1.82) is 0 Å². The summed E-state index contributed by atoms with van der Waals surface area (Å²) in [4.78, 5) is 10.9. The molecule has 0 amide bonds. The van der Waals surface area contributed by atoms with Gasteiger partial charge in [-0.05, 0) is 30.0 Å². The van der Waals surface area contributed by atoms with Gasteiger partial charge in [-0.15, -0.1) is 0 Å². The molecule has 0 aromatic heterocycles. The number of carbonyl (C=O) groups is 1. The third-order valence-electron chi connectivity index (χ3n) is 2.59. The number of ether oxygens (including phenoxy) is 1. The highest BCUT2D eigenvalue weighted by Gasteiger charge is 2.07. The Balaban J connectivity index is 2.92. The lowest BCUT2D eigenvalue weighted by atomic mass is 10.00. The van der Waals surface area contributed by atoms with Gasteiger partial charge in [0.1, 0.15) is 5.75 Å². The molecule has 0 bridgehead atoms. The third kappa shape index (κ3) is 1.48. The number of carbonyl (C=O) groups excluding carboxylic acids is 1. The second-order valence-corrected chi connectivity index (χ2v) is 3.47. The van der Waals surface area contributed by atoms with Gasteiger partial charge >= 0.3 is 0 Å². The van der Waals surface area contributed by atoms with E-state index in [2.05, 4.69) is 0 Å². The van der Waals surface area contributed by atoms with Crippen LogP contribution in [0.15, 0.2) is 30.3 Å². The van der Waals surface area contributed by atoms with E-state index in [1.165, 1.54) is 0 Å². The highest BCUT2D eigenvalue weighted by molar-refractivity contribution is 6.02. The maximum Gasteiger partial charge on any atom is 0.150 e. The molecule has 0 N–H and O–H groups in total. The Morgan fingerprint density at radius 3 is 2.67 bits per heavy atom. The summed E-state index contributed by atoms with van der Waals surface area (Å²) in [5.41, 5.74) is 1.80. The lowest BCUT2D eigenvalue weighted by Crippen LogP contribution is -1.91. The molecule has 2 aromatic carbocycles. The number of benzene rings is 2. The van der Waals surface area contributed by atoms with Crippen LogP contribution in [0.2, 0.25) is 0 Å². The first kappa shape index (κ1) is 9.71. The zero-order valence-electron chi connectivity index (χ0n) is 8.78. The lowest BCUT2D eigenvalue weighted by molar-refractivity contribution is 0.112. The van der Waals surface area contributed by atoms with Crippen LogP contribution < -0.4 is 4.74 Å². The molecule has 0 fully saturated rings. The molecule has 15 heavy (non-hydrogen) atoms. The average Bonchev–Trinajstić information content (AvgIpc) is 2.28. The maximum atomic E-state index is 10.9. The van der Waals surface area contributed by atoms with E-state index in [9.17, 15) is 4.79 Å². The van der Waals surface area contributed by atoms with Crippen molar-refractivity contribution in [2.45, 2.75) is 6.92 Å². The molecule has 2 aromatic rings. The summed E-state index contributed by atoms with van der Waals surface area (Å²) in [6, 6.07) is 9.55.